The van der Waals surface area contributed by atoms with Crippen molar-refractivity contribution in [3.8, 4) is 34.1 Å². The minimum absolute atomic E-state index is 0.0265. The van der Waals surface area contributed by atoms with Gasteiger partial charge in [0, 0.05) is 33.8 Å². The number of H-pyrrole nitrogens is 1. The van der Waals surface area contributed by atoms with E-state index in [1.165, 1.54) is 10.7 Å². The molecule has 0 radical (unpaired) electrons. The summed E-state index contributed by atoms with van der Waals surface area (Å²) in [5.74, 6) is 0.996. The second kappa shape index (κ2) is 8.76. The number of halogens is 3. The maximum atomic E-state index is 15.4. The third-order valence-corrected chi connectivity index (χ3v) is 8.14. The molecule has 13 heteroatoms. The monoisotopic (exact) mass is 588 g/mol. The van der Waals surface area contributed by atoms with E-state index in [1.54, 1.807) is 35.0 Å². The zero-order valence-corrected chi connectivity index (χ0v) is 22.6. The average Bonchev–Trinajstić information content (AvgIpc) is 3.28. The number of nitrogens with zero attached hydrogens (tertiary/aromatic N) is 6. The van der Waals surface area contributed by atoms with E-state index in [2.05, 4.69) is 32.2 Å². The standard InChI is InChI=1S/C28H19Cl2FN8O2/c1-12-11-41-21-6-13(2-4-18(21)32-12)27-34-24(26(31)35-27)25-15-8-16(15)28-33-19(9-23(40)39(25)28)17-7-14(29)3-5-20(17)38-10-22(30)36-37-38/h2-7,9-10,15-16,25,32H,1,8,11H2,(H,34,35). The van der Waals surface area contributed by atoms with Crippen LogP contribution in [-0.2, 0) is 0 Å². The summed E-state index contributed by atoms with van der Waals surface area (Å²) in [5.41, 5.74) is 3.82. The van der Waals surface area contributed by atoms with Crippen LogP contribution < -0.4 is 15.6 Å². The van der Waals surface area contributed by atoms with E-state index in [0.29, 0.717) is 51.5 Å². The Hall–Kier alpha value is -4.48. The summed E-state index contributed by atoms with van der Waals surface area (Å²) in [6, 6.07) is 11.5. The Morgan fingerprint density at radius 1 is 1.12 bits per heavy atom. The van der Waals surface area contributed by atoms with E-state index in [0.717, 1.165) is 17.8 Å². The molecule has 204 valence electrons. The molecule has 3 aromatic heterocycles. The smallest absolute Gasteiger partial charge is 0.254 e. The van der Waals surface area contributed by atoms with Crippen LogP contribution in [0.2, 0.25) is 10.2 Å². The van der Waals surface area contributed by atoms with Crippen LogP contribution in [0.5, 0.6) is 5.75 Å². The van der Waals surface area contributed by atoms with E-state index in [9.17, 15) is 4.79 Å². The van der Waals surface area contributed by atoms with Gasteiger partial charge in [0.2, 0.25) is 5.95 Å². The Balaban J connectivity index is 1.19. The summed E-state index contributed by atoms with van der Waals surface area (Å²) in [6.45, 7) is 4.22. The van der Waals surface area contributed by atoms with E-state index in [4.69, 9.17) is 32.9 Å². The molecule has 2 N–H and O–H groups in total. The number of rotatable bonds is 4. The molecule has 2 aromatic carbocycles. The lowest BCUT2D eigenvalue weighted by Gasteiger charge is -2.21. The second-order valence-electron chi connectivity index (χ2n) is 10.3. The van der Waals surface area contributed by atoms with Crippen molar-refractivity contribution < 1.29 is 9.13 Å². The molecule has 1 fully saturated rings. The van der Waals surface area contributed by atoms with Gasteiger partial charge in [-0.25, -0.2) is 14.6 Å². The van der Waals surface area contributed by atoms with Crippen molar-refractivity contribution in [2.24, 2.45) is 5.92 Å². The maximum absolute atomic E-state index is 15.4. The quantitative estimate of drug-likeness (QED) is 0.290. The number of benzene rings is 2. The Morgan fingerprint density at radius 2 is 2.00 bits per heavy atom. The van der Waals surface area contributed by atoms with Gasteiger partial charge in [-0.15, -0.1) is 5.10 Å². The molecule has 3 aliphatic rings. The van der Waals surface area contributed by atoms with Crippen molar-refractivity contribution in [1.29, 1.82) is 0 Å². The van der Waals surface area contributed by atoms with Crippen LogP contribution in [0.4, 0.5) is 10.1 Å². The van der Waals surface area contributed by atoms with Gasteiger partial charge in [-0.05, 0) is 48.7 Å². The molecule has 8 rings (SSSR count). The first-order valence-electron chi connectivity index (χ1n) is 12.8. The van der Waals surface area contributed by atoms with Gasteiger partial charge >= 0.3 is 0 Å². The van der Waals surface area contributed by atoms with Crippen LogP contribution in [-0.4, -0.2) is 41.1 Å². The van der Waals surface area contributed by atoms with E-state index < -0.39 is 12.0 Å². The fourth-order valence-corrected chi connectivity index (χ4v) is 6.14. The molecule has 0 bridgehead atoms. The van der Waals surface area contributed by atoms with Gasteiger partial charge in [0.15, 0.2) is 5.15 Å². The number of imidazole rings is 1. The molecule has 3 atom stereocenters. The third kappa shape index (κ3) is 3.87. The molecule has 1 aliphatic carbocycles. The first-order chi connectivity index (χ1) is 19.8. The van der Waals surface area contributed by atoms with Crippen LogP contribution in [0, 0.1) is 11.9 Å². The topological polar surface area (TPSA) is 116 Å². The summed E-state index contributed by atoms with van der Waals surface area (Å²) in [4.78, 5) is 25.8. The van der Waals surface area contributed by atoms with Crippen molar-refractivity contribution in [2.45, 2.75) is 18.4 Å². The Morgan fingerprint density at radius 3 is 2.83 bits per heavy atom. The largest absolute Gasteiger partial charge is 0.485 e. The summed E-state index contributed by atoms with van der Waals surface area (Å²) in [5, 5.41) is 11.8. The Bertz CT molecular complexity index is 1980. The summed E-state index contributed by atoms with van der Waals surface area (Å²) in [6.07, 6.45) is 2.35. The number of nitrogens with one attached hydrogen (secondary N) is 2. The normalized spacial score (nSPS) is 20.2. The van der Waals surface area contributed by atoms with Crippen molar-refractivity contribution in [2.75, 3.05) is 11.9 Å². The van der Waals surface area contributed by atoms with Gasteiger partial charge < -0.3 is 15.0 Å². The van der Waals surface area contributed by atoms with Crippen LogP contribution >= 0.6 is 23.2 Å². The molecule has 2 aliphatic heterocycles. The zero-order chi connectivity index (χ0) is 28.0. The fourth-order valence-electron chi connectivity index (χ4n) is 5.84. The van der Waals surface area contributed by atoms with Gasteiger partial charge in [-0.1, -0.05) is 35.0 Å². The van der Waals surface area contributed by atoms with E-state index in [1.807, 2.05) is 12.1 Å². The average molecular weight is 589 g/mol. The molecule has 41 heavy (non-hydrogen) atoms. The summed E-state index contributed by atoms with van der Waals surface area (Å²) in [7, 11) is 0. The highest BCUT2D eigenvalue weighted by atomic mass is 35.5. The Labute approximate surface area is 241 Å². The van der Waals surface area contributed by atoms with Gasteiger partial charge in [0.25, 0.3) is 5.56 Å². The van der Waals surface area contributed by atoms with Gasteiger partial charge in [0.05, 0.1) is 35.0 Å². The number of fused-ring (bicyclic) bond motifs is 4. The maximum Gasteiger partial charge on any atom is 0.254 e. The SMILES string of the molecule is C=C1COc2cc(-c3nc(F)c(C4C5CC5c5nc(-c6cc(Cl)ccc6-n6cc(Cl)nn6)cc(=O)n54)[nH]3)ccc2N1. The highest BCUT2D eigenvalue weighted by Crippen LogP contribution is 2.60. The minimum atomic E-state index is -0.648. The first kappa shape index (κ1) is 24.3. The number of aromatic amines is 1. The van der Waals surface area contributed by atoms with Crippen LogP contribution in [0.25, 0.3) is 28.3 Å². The molecular formula is C28H19Cl2FN8O2. The number of aromatic nitrogens is 7. The van der Waals surface area contributed by atoms with Gasteiger partial charge in [-0.2, -0.15) is 4.39 Å². The minimum Gasteiger partial charge on any atom is -0.485 e. The van der Waals surface area contributed by atoms with E-state index >= 15 is 4.39 Å². The summed E-state index contributed by atoms with van der Waals surface area (Å²) >= 11 is 12.3. The van der Waals surface area contributed by atoms with E-state index in [-0.39, 0.29) is 28.2 Å². The fraction of sp³-hybridized carbons (Fsp3) is 0.179. The van der Waals surface area contributed by atoms with Crippen LogP contribution in [0.1, 0.15) is 29.9 Å². The van der Waals surface area contributed by atoms with Crippen molar-refractivity contribution in [3.05, 3.63) is 98.9 Å². The number of hydrogen-bond acceptors (Lipinski definition) is 7. The van der Waals surface area contributed by atoms with Crippen molar-refractivity contribution >= 4 is 28.9 Å². The predicted molar refractivity (Wildman–Crippen MR) is 150 cm³/mol. The third-order valence-electron chi connectivity index (χ3n) is 7.73. The summed E-state index contributed by atoms with van der Waals surface area (Å²) < 4.78 is 24.2. The molecule has 0 amide bonds. The Kier molecular flexibility index (Phi) is 5.20. The molecule has 5 aromatic rings. The van der Waals surface area contributed by atoms with Crippen LogP contribution in [0.15, 0.2) is 65.7 Å². The van der Waals surface area contributed by atoms with Gasteiger partial charge in [0.1, 0.15) is 24.0 Å². The molecule has 0 spiro atoms. The second-order valence-corrected chi connectivity index (χ2v) is 11.1. The van der Waals surface area contributed by atoms with Gasteiger partial charge in [-0.3, -0.25) is 9.36 Å². The molecule has 0 saturated heterocycles. The molecule has 3 unspecified atom stereocenters. The zero-order valence-electron chi connectivity index (χ0n) is 21.1. The predicted octanol–water partition coefficient (Wildman–Crippen LogP) is 5.35. The number of anilines is 1. The van der Waals surface area contributed by atoms with Crippen molar-refractivity contribution in [3.63, 3.8) is 0 Å². The highest BCUT2D eigenvalue weighted by Gasteiger charge is 2.56. The number of hydrogen-bond donors (Lipinski definition) is 2. The molecule has 5 heterocycles. The highest BCUT2D eigenvalue weighted by molar-refractivity contribution is 6.31. The molecular weight excluding hydrogens is 570 g/mol. The molecule has 10 nitrogen and oxygen atoms in total. The van der Waals surface area contributed by atoms with Crippen molar-refractivity contribution in [1.82, 2.24) is 34.5 Å². The molecule has 1 saturated carbocycles. The number of ether oxygens (including phenoxy) is 1. The first-order valence-corrected chi connectivity index (χ1v) is 13.6. The van der Waals surface area contributed by atoms with Crippen LogP contribution in [0.3, 0.4) is 0 Å². The lowest BCUT2D eigenvalue weighted by Crippen LogP contribution is -2.27. The lowest BCUT2D eigenvalue weighted by atomic mass is 10.1. The lowest BCUT2D eigenvalue weighted by molar-refractivity contribution is 0.347.